The quantitative estimate of drug-likeness (QED) is 0.616. The van der Waals surface area contributed by atoms with Gasteiger partial charge in [-0.1, -0.05) is 30.3 Å². The number of hydrogen-bond donors (Lipinski definition) is 0. The van der Waals surface area contributed by atoms with E-state index in [-0.39, 0.29) is 17.5 Å². The number of nitrogens with zero attached hydrogens (tertiary/aromatic N) is 1. The molecule has 4 nitrogen and oxygen atoms in total. The third-order valence-corrected chi connectivity index (χ3v) is 4.70. The predicted molar refractivity (Wildman–Crippen MR) is 79.8 cm³/mol. The Balaban J connectivity index is 1.60. The summed E-state index contributed by atoms with van der Waals surface area (Å²) in [5.74, 6) is -0.0580. The van der Waals surface area contributed by atoms with Gasteiger partial charge in [-0.2, -0.15) is 0 Å². The van der Waals surface area contributed by atoms with E-state index < -0.39 is 0 Å². The Bertz CT molecular complexity index is 476. The van der Waals surface area contributed by atoms with Gasteiger partial charge in [-0.15, -0.1) is 0 Å². The Kier molecular flexibility index (Phi) is 4.27. The van der Waals surface area contributed by atoms with Crippen LogP contribution in [0.15, 0.2) is 30.3 Å². The molecular weight excluding hydrogens is 266 g/mol. The number of methoxy groups -OCH3 is 1. The predicted octanol–water partition coefficient (Wildman–Crippen LogP) is 2.23. The minimum atomic E-state index is -0.330. The van der Waals surface area contributed by atoms with Crippen LogP contribution in [0.5, 0.6) is 0 Å². The van der Waals surface area contributed by atoms with E-state index in [4.69, 9.17) is 9.47 Å². The average Bonchev–Trinajstić information content (AvgIpc) is 3.33. The van der Waals surface area contributed by atoms with Crippen LogP contribution in [0.3, 0.4) is 0 Å². The molecule has 0 radical (unpaired) electrons. The highest BCUT2D eigenvalue weighted by Gasteiger charge is 2.46. The summed E-state index contributed by atoms with van der Waals surface area (Å²) in [5.41, 5.74) is 0.997. The third kappa shape index (κ3) is 3.44. The zero-order chi connectivity index (χ0) is 14.7. The number of ether oxygens (including phenoxy) is 2. The van der Waals surface area contributed by atoms with Gasteiger partial charge in [0.2, 0.25) is 0 Å². The minimum absolute atomic E-state index is 0.0580. The molecule has 0 saturated carbocycles. The van der Waals surface area contributed by atoms with Crippen LogP contribution < -0.4 is 0 Å². The van der Waals surface area contributed by atoms with Crippen molar-refractivity contribution in [3.63, 3.8) is 0 Å². The average molecular weight is 289 g/mol. The van der Waals surface area contributed by atoms with E-state index in [0.717, 1.165) is 45.5 Å². The van der Waals surface area contributed by atoms with Crippen LogP contribution in [-0.2, 0) is 20.8 Å². The van der Waals surface area contributed by atoms with E-state index >= 15 is 0 Å². The lowest BCUT2D eigenvalue weighted by Gasteiger charge is -2.39. The van der Waals surface area contributed by atoms with Gasteiger partial charge in [0, 0.05) is 6.54 Å². The van der Waals surface area contributed by atoms with E-state index in [1.165, 1.54) is 12.7 Å². The van der Waals surface area contributed by atoms with Crippen LogP contribution >= 0.6 is 0 Å². The van der Waals surface area contributed by atoms with E-state index in [1.54, 1.807) is 0 Å². The van der Waals surface area contributed by atoms with Gasteiger partial charge in [0.1, 0.15) is 0 Å². The van der Waals surface area contributed by atoms with Crippen molar-refractivity contribution in [2.24, 2.45) is 5.41 Å². The molecule has 4 heteroatoms. The monoisotopic (exact) mass is 289 g/mol. The van der Waals surface area contributed by atoms with Crippen molar-refractivity contribution in [3.8, 4) is 0 Å². The maximum absolute atomic E-state index is 12.2. The Hall–Kier alpha value is -1.39. The fraction of sp³-hybridized carbons (Fsp3) is 0.588. The molecule has 2 aliphatic heterocycles. The summed E-state index contributed by atoms with van der Waals surface area (Å²) in [6.45, 7) is 3.64. The topological polar surface area (TPSA) is 42.1 Å². The van der Waals surface area contributed by atoms with Crippen molar-refractivity contribution in [2.45, 2.75) is 31.9 Å². The molecule has 1 unspecified atom stereocenters. The molecule has 0 spiro atoms. The van der Waals surface area contributed by atoms with E-state index in [2.05, 4.69) is 29.2 Å². The molecule has 1 atom stereocenters. The molecule has 0 aliphatic carbocycles. The van der Waals surface area contributed by atoms with Crippen molar-refractivity contribution >= 4 is 5.97 Å². The molecule has 2 aliphatic rings. The van der Waals surface area contributed by atoms with Gasteiger partial charge in [-0.05, 0) is 37.9 Å². The molecule has 0 amide bonds. The Morgan fingerprint density at radius 3 is 2.57 bits per heavy atom. The number of hydrogen-bond acceptors (Lipinski definition) is 4. The van der Waals surface area contributed by atoms with Crippen molar-refractivity contribution in [1.82, 2.24) is 4.90 Å². The first-order chi connectivity index (χ1) is 10.2. The second-order valence-corrected chi connectivity index (χ2v) is 6.19. The molecule has 2 fully saturated rings. The van der Waals surface area contributed by atoms with Gasteiger partial charge in [0.15, 0.2) is 0 Å². The molecule has 114 valence electrons. The number of benzene rings is 1. The number of epoxide rings is 1. The number of piperidine rings is 1. The zero-order valence-corrected chi connectivity index (χ0v) is 12.6. The fourth-order valence-electron chi connectivity index (χ4n) is 3.31. The first-order valence-electron chi connectivity index (χ1n) is 7.68. The lowest BCUT2D eigenvalue weighted by atomic mass is 9.74. The molecule has 2 heterocycles. The molecule has 0 aromatic heterocycles. The van der Waals surface area contributed by atoms with Gasteiger partial charge in [-0.3, -0.25) is 9.69 Å². The molecular formula is C17H23NO3. The van der Waals surface area contributed by atoms with Crippen molar-refractivity contribution in [2.75, 3.05) is 26.8 Å². The van der Waals surface area contributed by atoms with Crippen LogP contribution in [0, 0.1) is 5.41 Å². The van der Waals surface area contributed by atoms with Crippen LogP contribution in [-0.4, -0.2) is 43.8 Å². The van der Waals surface area contributed by atoms with Crippen LogP contribution in [0.2, 0.25) is 0 Å². The maximum atomic E-state index is 12.2. The Morgan fingerprint density at radius 1 is 1.33 bits per heavy atom. The van der Waals surface area contributed by atoms with Gasteiger partial charge >= 0.3 is 5.97 Å². The summed E-state index contributed by atoms with van der Waals surface area (Å²) < 4.78 is 10.4. The second-order valence-electron chi connectivity index (χ2n) is 6.19. The Labute approximate surface area is 126 Å². The molecule has 0 N–H and O–H groups in total. The summed E-state index contributed by atoms with van der Waals surface area (Å²) in [4.78, 5) is 14.6. The molecule has 1 aromatic carbocycles. The number of likely N-dealkylation sites (tertiary alicyclic amines) is 1. The summed E-state index contributed by atoms with van der Waals surface area (Å²) >= 11 is 0. The van der Waals surface area contributed by atoms with E-state index in [9.17, 15) is 4.79 Å². The molecule has 1 aromatic rings. The van der Waals surface area contributed by atoms with Crippen molar-refractivity contribution < 1.29 is 14.3 Å². The lowest BCUT2D eigenvalue weighted by molar-refractivity contribution is -0.157. The highest BCUT2D eigenvalue weighted by molar-refractivity contribution is 5.77. The molecule has 3 rings (SSSR count). The highest BCUT2D eigenvalue weighted by Crippen LogP contribution is 2.40. The first-order valence-corrected chi connectivity index (χ1v) is 7.68. The number of esters is 1. The summed E-state index contributed by atoms with van der Waals surface area (Å²) in [6.07, 6.45) is 2.82. The standard InChI is InChI=1S/C17H23NO3/c1-20-16(19)17(11-15-13-21-15)7-9-18(10-8-17)12-14-5-3-2-4-6-14/h2-6,15H,7-13H2,1H3. The number of carbonyl (C=O) groups excluding carboxylic acids is 1. The van der Waals surface area contributed by atoms with Crippen LogP contribution in [0.4, 0.5) is 0 Å². The minimum Gasteiger partial charge on any atom is -0.469 e. The largest absolute Gasteiger partial charge is 0.469 e. The van der Waals surface area contributed by atoms with Gasteiger partial charge in [0.05, 0.1) is 25.2 Å². The zero-order valence-electron chi connectivity index (χ0n) is 12.6. The molecule has 2 saturated heterocycles. The Morgan fingerprint density at radius 2 is 2.00 bits per heavy atom. The number of carbonyl (C=O) groups is 1. The second kappa shape index (κ2) is 6.16. The number of rotatable bonds is 5. The lowest BCUT2D eigenvalue weighted by Crippen LogP contribution is -2.45. The van der Waals surface area contributed by atoms with Crippen molar-refractivity contribution in [3.05, 3.63) is 35.9 Å². The third-order valence-electron chi connectivity index (χ3n) is 4.70. The van der Waals surface area contributed by atoms with Crippen LogP contribution in [0.1, 0.15) is 24.8 Å². The molecule has 0 bridgehead atoms. The highest BCUT2D eigenvalue weighted by atomic mass is 16.6. The van der Waals surface area contributed by atoms with Gasteiger partial charge in [0.25, 0.3) is 0 Å². The van der Waals surface area contributed by atoms with E-state index in [0.29, 0.717) is 0 Å². The SMILES string of the molecule is COC(=O)C1(CC2CO2)CCN(Cc2ccccc2)CC1. The smallest absolute Gasteiger partial charge is 0.311 e. The van der Waals surface area contributed by atoms with E-state index in [1.807, 2.05) is 6.07 Å². The first kappa shape index (κ1) is 14.5. The summed E-state index contributed by atoms with van der Waals surface area (Å²) in [7, 11) is 1.49. The van der Waals surface area contributed by atoms with Crippen molar-refractivity contribution in [1.29, 1.82) is 0 Å². The van der Waals surface area contributed by atoms with Crippen LogP contribution in [0.25, 0.3) is 0 Å². The normalized spacial score (nSPS) is 24.5. The molecule has 21 heavy (non-hydrogen) atoms. The maximum Gasteiger partial charge on any atom is 0.311 e. The van der Waals surface area contributed by atoms with Gasteiger partial charge in [-0.25, -0.2) is 0 Å². The summed E-state index contributed by atoms with van der Waals surface area (Å²) in [6, 6.07) is 10.5. The fourth-order valence-corrected chi connectivity index (χ4v) is 3.31. The summed E-state index contributed by atoms with van der Waals surface area (Å²) in [5, 5.41) is 0. The van der Waals surface area contributed by atoms with Gasteiger partial charge < -0.3 is 9.47 Å².